The van der Waals surface area contributed by atoms with Gasteiger partial charge in [0.2, 0.25) is 0 Å². The van der Waals surface area contributed by atoms with Crippen LogP contribution in [0.1, 0.15) is 15.9 Å². The highest BCUT2D eigenvalue weighted by Crippen LogP contribution is 2.24. The molecule has 0 atom stereocenters. The maximum atomic E-state index is 13.2. The van der Waals surface area contributed by atoms with Gasteiger partial charge in [0.25, 0.3) is 5.91 Å². The maximum Gasteiger partial charge on any atom is 0.255 e. The molecule has 1 amide bonds. The van der Waals surface area contributed by atoms with Gasteiger partial charge in [0.1, 0.15) is 11.6 Å². The first kappa shape index (κ1) is 16.3. The minimum atomic E-state index is -0.683. The van der Waals surface area contributed by atoms with Crippen molar-refractivity contribution in [3.8, 4) is 11.3 Å². The summed E-state index contributed by atoms with van der Waals surface area (Å²) in [6.07, 6.45) is 1.41. The first-order valence-electron chi connectivity index (χ1n) is 7.05. The molecule has 0 aliphatic rings. The lowest BCUT2D eigenvalue weighted by Crippen LogP contribution is -2.23. The zero-order valence-corrected chi connectivity index (χ0v) is 13.9. The molecule has 24 heavy (non-hydrogen) atoms. The summed E-state index contributed by atoms with van der Waals surface area (Å²) in [7, 11) is 0. The predicted molar refractivity (Wildman–Crippen MR) is 89.3 cm³/mol. The number of benzene rings is 2. The quantitative estimate of drug-likeness (QED) is 0.704. The standard InChI is InChI=1S/C17H12BrF2N3O/c18-12-3-1-2-11(6-12)16-15(9-22-23-16)17(24)21-8-10-4-13(19)7-14(20)5-10/h1-7,9H,8H2,(H,21,24)(H,22,23). The molecule has 0 saturated heterocycles. The van der Waals surface area contributed by atoms with E-state index in [0.717, 1.165) is 16.1 Å². The monoisotopic (exact) mass is 391 g/mol. The van der Waals surface area contributed by atoms with Gasteiger partial charge >= 0.3 is 0 Å². The topological polar surface area (TPSA) is 57.8 Å². The zero-order valence-electron chi connectivity index (χ0n) is 12.3. The molecule has 122 valence electrons. The van der Waals surface area contributed by atoms with E-state index in [9.17, 15) is 13.6 Å². The molecule has 0 aliphatic heterocycles. The van der Waals surface area contributed by atoms with Gasteiger partial charge in [-0.15, -0.1) is 0 Å². The van der Waals surface area contributed by atoms with Crippen molar-refractivity contribution < 1.29 is 13.6 Å². The Balaban J connectivity index is 1.78. The fourth-order valence-corrected chi connectivity index (χ4v) is 2.71. The number of amides is 1. The Morgan fingerprint density at radius 2 is 1.92 bits per heavy atom. The number of hydrogen-bond donors (Lipinski definition) is 2. The molecule has 0 saturated carbocycles. The number of nitrogens with one attached hydrogen (secondary N) is 2. The average Bonchev–Trinajstić information content (AvgIpc) is 3.01. The second-order valence-electron chi connectivity index (χ2n) is 5.13. The van der Waals surface area contributed by atoms with Crippen LogP contribution in [-0.2, 0) is 6.54 Å². The normalized spacial score (nSPS) is 10.6. The van der Waals surface area contributed by atoms with E-state index in [1.165, 1.54) is 18.3 Å². The molecule has 0 fully saturated rings. The minimum absolute atomic E-state index is 0.0105. The molecule has 2 aromatic carbocycles. The predicted octanol–water partition coefficient (Wildman–Crippen LogP) is 4.05. The number of carbonyl (C=O) groups excluding carboxylic acids is 1. The van der Waals surface area contributed by atoms with E-state index in [1.54, 1.807) is 0 Å². The lowest BCUT2D eigenvalue weighted by Gasteiger charge is -2.07. The molecule has 0 spiro atoms. The van der Waals surface area contributed by atoms with E-state index in [2.05, 4.69) is 31.4 Å². The number of aromatic amines is 1. The molecular weight excluding hydrogens is 380 g/mol. The van der Waals surface area contributed by atoms with E-state index >= 15 is 0 Å². The van der Waals surface area contributed by atoms with E-state index < -0.39 is 11.6 Å². The summed E-state index contributed by atoms with van der Waals surface area (Å²) in [6.45, 7) is 0.0105. The first-order valence-corrected chi connectivity index (χ1v) is 7.85. The zero-order chi connectivity index (χ0) is 17.1. The van der Waals surface area contributed by atoms with Crippen LogP contribution in [0.3, 0.4) is 0 Å². The summed E-state index contributed by atoms with van der Waals surface area (Å²) in [5.74, 6) is -1.75. The summed E-state index contributed by atoms with van der Waals surface area (Å²) < 4.78 is 27.2. The van der Waals surface area contributed by atoms with Crippen LogP contribution in [0, 0.1) is 11.6 Å². The molecule has 0 aliphatic carbocycles. The molecule has 2 N–H and O–H groups in total. The van der Waals surface area contributed by atoms with Crippen molar-refractivity contribution >= 4 is 21.8 Å². The lowest BCUT2D eigenvalue weighted by atomic mass is 10.1. The number of aromatic nitrogens is 2. The Morgan fingerprint density at radius 3 is 2.62 bits per heavy atom. The van der Waals surface area contributed by atoms with Gasteiger partial charge in [0.05, 0.1) is 17.5 Å². The van der Waals surface area contributed by atoms with Gasteiger partial charge in [0, 0.05) is 22.6 Å². The Morgan fingerprint density at radius 1 is 1.17 bits per heavy atom. The van der Waals surface area contributed by atoms with Crippen LogP contribution in [0.2, 0.25) is 0 Å². The largest absolute Gasteiger partial charge is 0.348 e. The summed E-state index contributed by atoms with van der Waals surface area (Å²) in [6, 6.07) is 10.5. The van der Waals surface area contributed by atoms with Crippen molar-refractivity contribution in [3.05, 3.63) is 75.9 Å². The molecule has 3 rings (SSSR count). The summed E-state index contributed by atoms with van der Waals surface area (Å²) in [5, 5.41) is 9.34. The molecule has 1 aromatic heterocycles. The van der Waals surface area contributed by atoms with Crippen LogP contribution in [0.15, 0.2) is 53.1 Å². The van der Waals surface area contributed by atoms with Crippen LogP contribution >= 0.6 is 15.9 Å². The van der Waals surface area contributed by atoms with Gasteiger partial charge in [-0.2, -0.15) is 5.10 Å². The summed E-state index contributed by atoms with van der Waals surface area (Å²) >= 11 is 3.38. The van der Waals surface area contributed by atoms with Crippen molar-refractivity contribution in [2.75, 3.05) is 0 Å². The van der Waals surface area contributed by atoms with Crippen LogP contribution in [0.25, 0.3) is 11.3 Å². The van der Waals surface area contributed by atoms with Gasteiger partial charge < -0.3 is 5.32 Å². The van der Waals surface area contributed by atoms with E-state index in [4.69, 9.17) is 0 Å². The minimum Gasteiger partial charge on any atom is -0.348 e. The van der Waals surface area contributed by atoms with E-state index in [0.29, 0.717) is 16.8 Å². The molecule has 4 nitrogen and oxygen atoms in total. The van der Waals surface area contributed by atoms with E-state index in [-0.39, 0.29) is 12.5 Å². The molecule has 0 bridgehead atoms. The fraction of sp³-hybridized carbons (Fsp3) is 0.0588. The van der Waals surface area contributed by atoms with Crippen LogP contribution in [-0.4, -0.2) is 16.1 Å². The Kier molecular flexibility index (Phi) is 4.71. The van der Waals surface area contributed by atoms with Crippen LogP contribution in [0.5, 0.6) is 0 Å². The highest BCUT2D eigenvalue weighted by molar-refractivity contribution is 9.10. The van der Waals surface area contributed by atoms with Gasteiger partial charge in [-0.05, 0) is 29.8 Å². The number of halogens is 3. The van der Waals surface area contributed by atoms with Crippen molar-refractivity contribution in [2.45, 2.75) is 6.54 Å². The smallest absolute Gasteiger partial charge is 0.255 e. The van der Waals surface area contributed by atoms with Crippen molar-refractivity contribution in [1.29, 1.82) is 0 Å². The molecule has 0 unspecified atom stereocenters. The van der Waals surface area contributed by atoms with Crippen LogP contribution < -0.4 is 5.32 Å². The second-order valence-corrected chi connectivity index (χ2v) is 6.05. The molecule has 0 radical (unpaired) electrons. The average molecular weight is 392 g/mol. The summed E-state index contributed by atoms with van der Waals surface area (Å²) in [4.78, 5) is 12.4. The van der Waals surface area contributed by atoms with Crippen LogP contribution in [0.4, 0.5) is 8.78 Å². The third kappa shape index (κ3) is 3.68. The number of rotatable bonds is 4. The SMILES string of the molecule is O=C(NCc1cc(F)cc(F)c1)c1cn[nH]c1-c1cccc(Br)c1. The van der Waals surface area contributed by atoms with Gasteiger partial charge in [0.15, 0.2) is 0 Å². The summed E-state index contributed by atoms with van der Waals surface area (Å²) in [5.41, 5.74) is 2.06. The Bertz CT molecular complexity index is 875. The molecule has 3 aromatic rings. The molecular formula is C17H12BrF2N3O. The van der Waals surface area contributed by atoms with Crippen molar-refractivity contribution in [1.82, 2.24) is 15.5 Å². The Labute approximate surface area is 145 Å². The highest BCUT2D eigenvalue weighted by atomic mass is 79.9. The fourth-order valence-electron chi connectivity index (χ4n) is 2.31. The molecule has 1 heterocycles. The number of nitrogens with zero attached hydrogens (tertiary/aromatic N) is 1. The first-order chi connectivity index (χ1) is 11.5. The number of carbonyl (C=O) groups is 1. The van der Waals surface area contributed by atoms with Gasteiger partial charge in [-0.3, -0.25) is 9.89 Å². The van der Waals surface area contributed by atoms with Crippen molar-refractivity contribution in [2.24, 2.45) is 0 Å². The number of H-pyrrole nitrogens is 1. The second kappa shape index (κ2) is 6.92. The van der Waals surface area contributed by atoms with Gasteiger partial charge in [-0.1, -0.05) is 28.1 Å². The third-order valence-corrected chi connectivity index (χ3v) is 3.87. The number of hydrogen-bond acceptors (Lipinski definition) is 2. The lowest BCUT2D eigenvalue weighted by molar-refractivity contribution is 0.0951. The Hall–Kier alpha value is -2.54. The van der Waals surface area contributed by atoms with E-state index in [1.807, 2.05) is 24.3 Å². The maximum absolute atomic E-state index is 13.2. The third-order valence-electron chi connectivity index (χ3n) is 3.37. The van der Waals surface area contributed by atoms with Crippen molar-refractivity contribution in [3.63, 3.8) is 0 Å². The molecule has 7 heteroatoms. The van der Waals surface area contributed by atoms with Gasteiger partial charge in [-0.25, -0.2) is 8.78 Å². The highest BCUT2D eigenvalue weighted by Gasteiger charge is 2.15.